The van der Waals surface area contributed by atoms with Crippen molar-refractivity contribution in [2.24, 2.45) is 0 Å². The quantitative estimate of drug-likeness (QED) is 0.723. The van der Waals surface area contributed by atoms with E-state index in [1.165, 1.54) is 18.5 Å². The normalized spacial score (nSPS) is 23.6. The molecule has 1 aliphatic carbocycles. The fourth-order valence-corrected chi connectivity index (χ4v) is 4.93. The van der Waals surface area contributed by atoms with Gasteiger partial charge in [-0.1, -0.05) is 37.9 Å². The van der Waals surface area contributed by atoms with Crippen molar-refractivity contribution in [1.82, 2.24) is 14.5 Å². The molecule has 1 aromatic rings. The van der Waals surface area contributed by atoms with Crippen molar-refractivity contribution in [3.63, 3.8) is 0 Å². The van der Waals surface area contributed by atoms with Crippen LogP contribution in [0.3, 0.4) is 0 Å². The second kappa shape index (κ2) is 8.58. The monoisotopic (exact) mass is 365 g/mol. The lowest BCUT2D eigenvalue weighted by Gasteiger charge is -2.43. The van der Waals surface area contributed by atoms with Crippen LogP contribution in [0, 0.1) is 13.8 Å². The van der Waals surface area contributed by atoms with Crippen LogP contribution in [-0.2, 0) is 16.1 Å². The Morgan fingerprint density at radius 2 is 2.12 bits per heavy atom. The third-order valence-corrected chi connectivity index (χ3v) is 6.50. The summed E-state index contributed by atoms with van der Waals surface area (Å²) in [7, 11) is 0. The molecule has 1 saturated carbocycles. The molecule has 2 aliphatic rings. The third kappa shape index (κ3) is 4.22. The lowest BCUT2D eigenvalue weighted by molar-refractivity contribution is -0.146. The number of aryl methyl sites for hydroxylation is 1. The molecular formula is C19H31N3O2S. The van der Waals surface area contributed by atoms with Crippen LogP contribution in [0.25, 0.3) is 0 Å². The van der Waals surface area contributed by atoms with Crippen LogP contribution in [0.1, 0.15) is 56.8 Å². The van der Waals surface area contributed by atoms with Crippen molar-refractivity contribution < 1.29 is 9.53 Å². The van der Waals surface area contributed by atoms with E-state index >= 15 is 0 Å². The fraction of sp³-hybridized carbons (Fsp3) is 0.789. The van der Waals surface area contributed by atoms with Gasteiger partial charge in [0.15, 0.2) is 5.16 Å². The summed E-state index contributed by atoms with van der Waals surface area (Å²) in [5, 5.41) is 0.991. The van der Waals surface area contributed by atoms with Gasteiger partial charge in [-0.25, -0.2) is 4.98 Å². The van der Waals surface area contributed by atoms with Crippen LogP contribution in [0.4, 0.5) is 0 Å². The van der Waals surface area contributed by atoms with Crippen LogP contribution >= 0.6 is 11.8 Å². The summed E-state index contributed by atoms with van der Waals surface area (Å²) in [5.74, 6) is 0.719. The molecule has 1 aliphatic heterocycles. The van der Waals surface area contributed by atoms with E-state index < -0.39 is 0 Å². The molecule has 6 heteroatoms. The molecule has 0 aromatic carbocycles. The van der Waals surface area contributed by atoms with Crippen LogP contribution in [-0.4, -0.2) is 51.4 Å². The van der Waals surface area contributed by atoms with E-state index in [9.17, 15) is 4.79 Å². The van der Waals surface area contributed by atoms with Gasteiger partial charge >= 0.3 is 0 Å². The number of fused-ring (bicyclic) bond motifs is 1. The smallest absolute Gasteiger partial charge is 0.233 e. The van der Waals surface area contributed by atoms with Crippen LogP contribution in [0.5, 0.6) is 0 Å². The molecule has 0 bridgehead atoms. The number of aromatic nitrogens is 2. The molecule has 1 saturated heterocycles. The predicted octanol–water partition coefficient (Wildman–Crippen LogP) is 3.56. The van der Waals surface area contributed by atoms with E-state index in [0.29, 0.717) is 18.4 Å². The largest absolute Gasteiger partial charge is 0.374 e. The minimum atomic E-state index is 0.241. The number of ether oxygens (including phenoxy) is 1. The molecule has 140 valence electrons. The van der Waals surface area contributed by atoms with E-state index in [-0.39, 0.29) is 12.0 Å². The minimum absolute atomic E-state index is 0.241. The van der Waals surface area contributed by atoms with Crippen molar-refractivity contribution in [2.45, 2.75) is 83.1 Å². The molecule has 0 spiro atoms. The molecular weight excluding hydrogens is 334 g/mol. The minimum Gasteiger partial charge on any atom is -0.374 e. The summed E-state index contributed by atoms with van der Waals surface area (Å²) in [6, 6.07) is 0.291. The summed E-state index contributed by atoms with van der Waals surface area (Å²) in [6.45, 7) is 8.79. The average molecular weight is 366 g/mol. The van der Waals surface area contributed by atoms with Gasteiger partial charge in [-0.05, 0) is 33.1 Å². The Morgan fingerprint density at radius 3 is 2.92 bits per heavy atom. The van der Waals surface area contributed by atoms with Gasteiger partial charge in [-0.2, -0.15) is 0 Å². The first-order chi connectivity index (χ1) is 12.1. The van der Waals surface area contributed by atoms with E-state index in [4.69, 9.17) is 9.72 Å². The summed E-state index contributed by atoms with van der Waals surface area (Å²) in [5.41, 5.74) is 2.30. The Kier molecular flexibility index (Phi) is 6.44. The molecule has 3 rings (SSSR count). The summed E-state index contributed by atoms with van der Waals surface area (Å²) >= 11 is 1.59. The van der Waals surface area contributed by atoms with E-state index in [0.717, 1.165) is 49.6 Å². The molecule has 5 nitrogen and oxygen atoms in total. The van der Waals surface area contributed by atoms with Crippen LogP contribution < -0.4 is 0 Å². The number of hydrogen-bond donors (Lipinski definition) is 0. The van der Waals surface area contributed by atoms with Gasteiger partial charge in [0.1, 0.15) is 0 Å². The molecule has 2 heterocycles. The first kappa shape index (κ1) is 18.8. The average Bonchev–Trinajstić information content (AvgIpc) is 2.91. The van der Waals surface area contributed by atoms with Crippen molar-refractivity contribution in [3.05, 3.63) is 11.4 Å². The van der Waals surface area contributed by atoms with E-state index in [1.807, 2.05) is 0 Å². The zero-order valence-corrected chi connectivity index (χ0v) is 16.6. The molecule has 0 unspecified atom stereocenters. The predicted molar refractivity (Wildman–Crippen MR) is 101 cm³/mol. The van der Waals surface area contributed by atoms with Crippen LogP contribution in [0.15, 0.2) is 5.16 Å². The van der Waals surface area contributed by atoms with Gasteiger partial charge in [-0.3, -0.25) is 4.79 Å². The maximum Gasteiger partial charge on any atom is 0.233 e. The molecule has 1 amide bonds. The number of rotatable bonds is 6. The highest BCUT2D eigenvalue weighted by molar-refractivity contribution is 7.99. The molecule has 0 N–H and O–H groups in total. The second-order valence-electron chi connectivity index (χ2n) is 7.21. The van der Waals surface area contributed by atoms with E-state index in [1.54, 1.807) is 11.8 Å². The summed E-state index contributed by atoms with van der Waals surface area (Å²) in [6.07, 6.45) is 7.19. The first-order valence-electron chi connectivity index (χ1n) is 9.69. The molecule has 2 fully saturated rings. The number of carbonyl (C=O) groups excluding carboxylic acids is 1. The zero-order chi connectivity index (χ0) is 17.8. The van der Waals surface area contributed by atoms with Crippen molar-refractivity contribution >= 4 is 17.7 Å². The number of hydrogen-bond acceptors (Lipinski definition) is 4. The van der Waals surface area contributed by atoms with Crippen molar-refractivity contribution in [2.75, 3.05) is 18.9 Å². The van der Waals surface area contributed by atoms with Gasteiger partial charge in [0.05, 0.1) is 30.2 Å². The zero-order valence-electron chi connectivity index (χ0n) is 15.8. The highest BCUT2D eigenvalue weighted by Gasteiger charge is 2.36. The Balaban J connectivity index is 1.63. The maximum atomic E-state index is 12.9. The highest BCUT2D eigenvalue weighted by atomic mass is 32.2. The number of amides is 1. The topological polar surface area (TPSA) is 47.4 Å². The van der Waals surface area contributed by atoms with Crippen LogP contribution in [0.2, 0.25) is 0 Å². The second-order valence-corrected chi connectivity index (χ2v) is 8.15. The number of nitrogens with zero attached hydrogens (tertiary/aromatic N) is 3. The van der Waals surface area contributed by atoms with E-state index in [2.05, 4.69) is 30.2 Å². The number of morpholine rings is 1. The Labute approximate surface area is 155 Å². The molecule has 0 radical (unpaired) electrons. The van der Waals surface area contributed by atoms with Gasteiger partial charge in [0, 0.05) is 18.8 Å². The summed E-state index contributed by atoms with van der Waals surface area (Å²) in [4.78, 5) is 19.6. The van der Waals surface area contributed by atoms with Gasteiger partial charge in [0.2, 0.25) is 5.91 Å². The third-order valence-electron chi connectivity index (χ3n) is 5.54. The Bertz CT molecular complexity index is 600. The van der Waals surface area contributed by atoms with Gasteiger partial charge in [0.25, 0.3) is 0 Å². The molecule has 25 heavy (non-hydrogen) atoms. The number of imidazole rings is 1. The highest BCUT2D eigenvalue weighted by Crippen LogP contribution is 2.29. The Morgan fingerprint density at radius 1 is 1.32 bits per heavy atom. The van der Waals surface area contributed by atoms with Crippen molar-refractivity contribution in [3.8, 4) is 0 Å². The van der Waals surface area contributed by atoms with Crippen molar-refractivity contribution in [1.29, 1.82) is 0 Å². The molecule has 1 aromatic heterocycles. The van der Waals surface area contributed by atoms with Gasteiger partial charge in [-0.15, -0.1) is 0 Å². The van der Waals surface area contributed by atoms with Gasteiger partial charge < -0.3 is 14.2 Å². The lowest BCUT2D eigenvalue weighted by Crippen LogP contribution is -2.55. The Hall–Kier alpha value is -1.01. The first-order valence-corrected chi connectivity index (χ1v) is 10.7. The summed E-state index contributed by atoms with van der Waals surface area (Å²) < 4.78 is 8.17. The molecule has 2 atom stereocenters. The number of thioether (sulfide) groups is 1. The fourth-order valence-electron chi connectivity index (χ4n) is 3.93. The number of carbonyl (C=O) groups is 1. The number of unbranched alkanes of at least 4 members (excludes halogenated alkanes) is 1. The lowest BCUT2D eigenvalue weighted by atomic mass is 9.90. The SMILES string of the molecule is CCCCn1c(SCC(=O)N2CCO[C@@H]3CCCC[C@@H]32)nc(C)c1C. The maximum absolute atomic E-state index is 12.9. The standard InChI is InChI=1S/C19H31N3O2S/c1-4-5-10-21-15(3)14(2)20-19(21)25-13-18(23)22-11-12-24-17-9-7-6-8-16(17)22/h16-17H,4-13H2,1-3H3/t16-,17+/m0/s1.